The molecule has 2 amide bonds. The number of alkyl halides is 1. The molecule has 4 nitrogen and oxygen atoms in total. The fourth-order valence-electron chi connectivity index (χ4n) is 1.82. The zero-order chi connectivity index (χ0) is 12.3. The largest absolute Gasteiger partial charge is 0.279 e. The normalized spacial score (nSPS) is 13.9. The minimum Gasteiger partial charge on any atom is -0.272 e. The van der Waals surface area contributed by atoms with Gasteiger partial charge < -0.3 is 0 Å². The van der Waals surface area contributed by atoms with E-state index >= 15 is 0 Å². The summed E-state index contributed by atoms with van der Waals surface area (Å²) >= 11 is 6.81. The van der Waals surface area contributed by atoms with Gasteiger partial charge in [-0.2, -0.15) is 0 Å². The third-order valence-electron chi connectivity index (χ3n) is 2.66. The first-order valence-corrected chi connectivity index (χ1v) is 6.82. The lowest BCUT2D eigenvalue weighted by Gasteiger charge is -2.08. The molecule has 0 fully saturated rings. The van der Waals surface area contributed by atoms with Gasteiger partial charge in [0.1, 0.15) is 5.88 Å². The summed E-state index contributed by atoms with van der Waals surface area (Å²) in [6, 6.07) is 1.92. The molecule has 17 heavy (non-hydrogen) atoms. The molecule has 0 unspecified atom stereocenters. The standard InChI is InChI=1S/C11H13ClN2O2S/c12-6-10(15)13-14-11(16)9-5-7-3-1-2-4-8(7)17-9/h5H,1-4,6H2,(H,13,15)(H,14,16). The third-order valence-corrected chi connectivity index (χ3v) is 4.14. The smallest absolute Gasteiger partial charge is 0.272 e. The van der Waals surface area contributed by atoms with E-state index in [0.717, 1.165) is 12.8 Å². The fourth-order valence-corrected chi connectivity index (χ4v) is 3.04. The molecule has 6 heteroatoms. The summed E-state index contributed by atoms with van der Waals surface area (Å²) in [6.45, 7) is 0. The zero-order valence-corrected chi connectivity index (χ0v) is 10.8. The van der Waals surface area contributed by atoms with E-state index < -0.39 is 5.91 Å². The number of hydrogen-bond acceptors (Lipinski definition) is 3. The Morgan fingerprint density at radius 2 is 2.06 bits per heavy atom. The number of carbonyl (C=O) groups is 2. The van der Waals surface area contributed by atoms with Crippen molar-refractivity contribution in [1.29, 1.82) is 0 Å². The first kappa shape index (κ1) is 12.4. The molecule has 0 saturated heterocycles. The van der Waals surface area contributed by atoms with Crippen LogP contribution in [0.1, 0.15) is 33.0 Å². The average molecular weight is 273 g/mol. The van der Waals surface area contributed by atoms with E-state index in [1.807, 2.05) is 6.07 Å². The Kier molecular flexibility index (Phi) is 4.02. The van der Waals surface area contributed by atoms with Gasteiger partial charge in [0.15, 0.2) is 0 Å². The van der Waals surface area contributed by atoms with Gasteiger partial charge in [0, 0.05) is 4.88 Å². The van der Waals surface area contributed by atoms with Crippen molar-refractivity contribution in [2.45, 2.75) is 25.7 Å². The van der Waals surface area contributed by atoms with E-state index in [9.17, 15) is 9.59 Å². The van der Waals surface area contributed by atoms with Gasteiger partial charge in [-0.15, -0.1) is 22.9 Å². The Hall–Kier alpha value is -1.07. The summed E-state index contributed by atoms with van der Waals surface area (Å²) in [7, 11) is 0. The maximum absolute atomic E-state index is 11.7. The molecule has 0 bridgehead atoms. The highest BCUT2D eigenvalue weighted by atomic mass is 35.5. The van der Waals surface area contributed by atoms with Gasteiger partial charge in [-0.25, -0.2) is 0 Å². The molecular formula is C11H13ClN2O2S. The van der Waals surface area contributed by atoms with Crippen molar-refractivity contribution < 1.29 is 9.59 Å². The summed E-state index contributed by atoms with van der Waals surface area (Å²) < 4.78 is 0. The van der Waals surface area contributed by atoms with Crippen LogP contribution in [0, 0.1) is 0 Å². The Bertz CT molecular complexity index is 421. The number of carbonyl (C=O) groups excluding carboxylic acids is 2. The van der Waals surface area contributed by atoms with Crippen LogP contribution in [0.2, 0.25) is 0 Å². The monoisotopic (exact) mass is 272 g/mol. The highest BCUT2D eigenvalue weighted by Crippen LogP contribution is 2.29. The molecule has 1 aliphatic carbocycles. The maximum atomic E-state index is 11.7. The van der Waals surface area contributed by atoms with E-state index in [2.05, 4.69) is 10.9 Å². The number of aryl methyl sites for hydroxylation is 2. The molecule has 2 N–H and O–H groups in total. The average Bonchev–Trinajstić information content (AvgIpc) is 2.79. The minimum absolute atomic E-state index is 0.165. The van der Waals surface area contributed by atoms with E-state index in [4.69, 9.17) is 11.6 Å². The van der Waals surface area contributed by atoms with Gasteiger partial charge in [0.2, 0.25) is 0 Å². The molecule has 0 aromatic carbocycles. The molecule has 0 radical (unpaired) electrons. The molecule has 0 spiro atoms. The second-order valence-electron chi connectivity index (χ2n) is 3.90. The van der Waals surface area contributed by atoms with Crippen LogP contribution in [-0.2, 0) is 17.6 Å². The van der Waals surface area contributed by atoms with Gasteiger partial charge in [0.05, 0.1) is 4.88 Å². The van der Waals surface area contributed by atoms with E-state index in [1.165, 1.54) is 34.6 Å². The molecular weight excluding hydrogens is 260 g/mol. The third kappa shape index (κ3) is 2.98. The molecule has 1 aliphatic rings. The molecule has 0 atom stereocenters. The first-order chi connectivity index (χ1) is 8.20. The van der Waals surface area contributed by atoms with Crippen molar-refractivity contribution in [2.24, 2.45) is 0 Å². The van der Waals surface area contributed by atoms with Crippen molar-refractivity contribution in [3.8, 4) is 0 Å². The summed E-state index contributed by atoms with van der Waals surface area (Å²) in [5.41, 5.74) is 5.87. The molecule has 0 aliphatic heterocycles. The molecule has 1 aromatic heterocycles. The van der Waals surface area contributed by atoms with Crippen LogP contribution < -0.4 is 10.9 Å². The highest BCUT2D eigenvalue weighted by molar-refractivity contribution is 7.14. The van der Waals surface area contributed by atoms with Crippen molar-refractivity contribution in [3.63, 3.8) is 0 Å². The van der Waals surface area contributed by atoms with Gasteiger partial charge in [0.25, 0.3) is 11.8 Å². The summed E-state index contributed by atoms with van der Waals surface area (Å²) in [5.74, 6) is -0.856. The Labute approximate surface area is 108 Å². The van der Waals surface area contributed by atoms with Gasteiger partial charge in [-0.1, -0.05) is 0 Å². The number of thiophene rings is 1. The van der Waals surface area contributed by atoms with Gasteiger partial charge in [-0.05, 0) is 37.3 Å². The SMILES string of the molecule is O=C(CCl)NNC(=O)c1cc2c(s1)CCCC2. The van der Waals surface area contributed by atoms with Gasteiger partial charge >= 0.3 is 0 Å². The first-order valence-electron chi connectivity index (χ1n) is 5.47. The quantitative estimate of drug-likeness (QED) is 0.635. The van der Waals surface area contributed by atoms with E-state index in [0.29, 0.717) is 4.88 Å². The lowest BCUT2D eigenvalue weighted by Crippen LogP contribution is -2.41. The van der Waals surface area contributed by atoms with Crippen LogP contribution >= 0.6 is 22.9 Å². The van der Waals surface area contributed by atoms with Crippen molar-refractivity contribution in [1.82, 2.24) is 10.9 Å². The predicted molar refractivity (Wildman–Crippen MR) is 67.3 cm³/mol. The molecule has 92 valence electrons. The molecule has 0 saturated carbocycles. The van der Waals surface area contributed by atoms with E-state index in [1.54, 1.807) is 0 Å². The number of fused-ring (bicyclic) bond motifs is 1. The van der Waals surface area contributed by atoms with Gasteiger partial charge in [-0.3, -0.25) is 20.4 Å². The molecule has 1 heterocycles. The molecule has 1 aromatic rings. The van der Waals surface area contributed by atoms with E-state index in [-0.39, 0.29) is 11.8 Å². The van der Waals surface area contributed by atoms with Crippen molar-refractivity contribution >= 4 is 34.8 Å². The number of rotatable bonds is 2. The van der Waals surface area contributed by atoms with Crippen LogP contribution in [0.3, 0.4) is 0 Å². The van der Waals surface area contributed by atoms with Crippen molar-refractivity contribution in [3.05, 3.63) is 21.4 Å². The summed E-state index contributed by atoms with van der Waals surface area (Å²) in [4.78, 5) is 24.6. The predicted octanol–water partition coefficient (Wildman–Crippen LogP) is 1.63. The van der Waals surface area contributed by atoms with Crippen LogP contribution in [-0.4, -0.2) is 17.7 Å². The Morgan fingerprint density at radius 3 is 2.76 bits per heavy atom. The second-order valence-corrected chi connectivity index (χ2v) is 5.31. The number of nitrogens with one attached hydrogen (secondary N) is 2. The lowest BCUT2D eigenvalue weighted by atomic mass is 9.99. The van der Waals surface area contributed by atoms with Crippen molar-refractivity contribution in [2.75, 3.05) is 5.88 Å². The summed E-state index contributed by atoms with van der Waals surface area (Å²) in [6.07, 6.45) is 4.49. The lowest BCUT2D eigenvalue weighted by molar-refractivity contribution is -0.119. The number of halogens is 1. The van der Waals surface area contributed by atoms with Crippen LogP contribution in [0.4, 0.5) is 0 Å². The number of hydrazine groups is 1. The minimum atomic E-state index is -0.415. The topological polar surface area (TPSA) is 58.2 Å². The van der Waals surface area contributed by atoms with Crippen LogP contribution in [0.15, 0.2) is 6.07 Å². The fraction of sp³-hybridized carbons (Fsp3) is 0.455. The zero-order valence-electron chi connectivity index (χ0n) is 9.22. The second kappa shape index (κ2) is 5.51. The number of amides is 2. The number of hydrogen-bond donors (Lipinski definition) is 2. The van der Waals surface area contributed by atoms with Crippen LogP contribution in [0.5, 0.6) is 0 Å². The summed E-state index contributed by atoms with van der Waals surface area (Å²) in [5, 5.41) is 0. The maximum Gasteiger partial charge on any atom is 0.279 e. The van der Waals surface area contributed by atoms with Crippen LogP contribution in [0.25, 0.3) is 0 Å². The Morgan fingerprint density at radius 1 is 1.29 bits per heavy atom. The highest BCUT2D eigenvalue weighted by Gasteiger charge is 2.17. The molecule has 2 rings (SSSR count). The Balaban J connectivity index is 1.99.